The largest absolute Gasteiger partial charge is 0.497 e. The summed E-state index contributed by atoms with van der Waals surface area (Å²) in [6.07, 6.45) is 5.73. The molecule has 1 unspecified atom stereocenters. The van der Waals surface area contributed by atoms with Crippen LogP contribution in [0.15, 0.2) is 36.7 Å². The Morgan fingerprint density at radius 2 is 2.20 bits per heavy atom. The number of carbonyl (C=O) groups excluding carboxylic acids is 1. The van der Waals surface area contributed by atoms with Gasteiger partial charge < -0.3 is 15.0 Å². The minimum atomic E-state index is -0.0114. The number of hydrogen-bond acceptors (Lipinski definition) is 5. The van der Waals surface area contributed by atoms with Crippen molar-refractivity contribution in [3.05, 3.63) is 42.4 Å². The molecule has 1 amide bonds. The van der Waals surface area contributed by atoms with Crippen molar-refractivity contribution in [2.75, 3.05) is 19.0 Å². The fourth-order valence-electron chi connectivity index (χ4n) is 3.23. The highest BCUT2D eigenvalue weighted by Gasteiger charge is 2.27. The number of nitrogens with one attached hydrogen (secondary N) is 1. The highest BCUT2D eigenvalue weighted by molar-refractivity contribution is 5.93. The number of benzene rings is 1. The number of carbonyl (C=O) groups is 1. The van der Waals surface area contributed by atoms with E-state index in [-0.39, 0.29) is 5.91 Å². The summed E-state index contributed by atoms with van der Waals surface area (Å²) in [6, 6.07) is 9.59. The third-order valence-corrected chi connectivity index (χ3v) is 4.59. The molecule has 2 aromatic rings. The topological polar surface area (TPSA) is 67.4 Å². The van der Waals surface area contributed by atoms with E-state index in [1.165, 1.54) is 12.7 Å². The van der Waals surface area contributed by atoms with Crippen LogP contribution in [0.2, 0.25) is 0 Å². The molecular formula is C19H24N4O2. The summed E-state index contributed by atoms with van der Waals surface area (Å²) < 4.78 is 5.22. The minimum absolute atomic E-state index is 0.0114. The van der Waals surface area contributed by atoms with Crippen LogP contribution in [0.1, 0.15) is 43.1 Å². The van der Waals surface area contributed by atoms with Gasteiger partial charge in [-0.1, -0.05) is 13.0 Å². The van der Waals surface area contributed by atoms with Crippen LogP contribution >= 0.6 is 0 Å². The Balaban J connectivity index is 1.77. The number of aromatic nitrogens is 2. The predicted molar refractivity (Wildman–Crippen MR) is 97.3 cm³/mol. The number of anilines is 2. The second-order valence-electron chi connectivity index (χ2n) is 6.20. The maximum atomic E-state index is 12.9. The standard InChI is InChI=1S/C19H24N4O2/c1-3-15-8-4-5-10-23(15)19(24)17-12-18(21-13-20-17)22-14-7-6-9-16(11-14)25-2/h6-7,9,11-13,15H,3-5,8,10H2,1-2H3,(H,20,21,22). The lowest BCUT2D eigenvalue weighted by atomic mass is 9.99. The van der Waals surface area contributed by atoms with Crippen molar-refractivity contribution < 1.29 is 9.53 Å². The fraction of sp³-hybridized carbons (Fsp3) is 0.421. The van der Waals surface area contributed by atoms with Crippen molar-refractivity contribution in [3.63, 3.8) is 0 Å². The van der Waals surface area contributed by atoms with Crippen LogP contribution in [0.25, 0.3) is 0 Å². The number of methoxy groups -OCH3 is 1. The van der Waals surface area contributed by atoms with Crippen LogP contribution in [-0.2, 0) is 0 Å². The van der Waals surface area contributed by atoms with E-state index in [9.17, 15) is 4.79 Å². The maximum Gasteiger partial charge on any atom is 0.272 e. The quantitative estimate of drug-likeness (QED) is 0.900. The molecule has 1 aromatic heterocycles. The molecule has 2 heterocycles. The van der Waals surface area contributed by atoms with Crippen LogP contribution in [0, 0.1) is 0 Å². The number of hydrogen-bond donors (Lipinski definition) is 1. The molecule has 3 rings (SSSR count). The zero-order valence-corrected chi connectivity index (χ0v) is 14.7. The van der Waals surface area contributed by atoms with Gasteiger partial charge in [0.15, 0.2) is 0 Å². The van der Waals surface area contributed by atoms with Crippen molar-refractivity contribution >= 4 is 17.4 Å². The Labute approximate surface area is 148 Å². The Bertz CT molecular complexity index is 735. The van der Waals surface area contributed by atoms with Gasteiger partial charge in [-0.05, 0) is 37.8 Å². The number of nitrogens with zero attached hydrogens (tertiary/aromatic N) is 3. The number of likely N-dealkylation sites (tertiary alicyclic amines) is 1. The maximum absolute atomic E-state index is 12.9. The van der Waals surface area contributed by atoms with Gasteiger partial charge in [0, 0.05) is 30.4 Å². The molecule has 6 nitrogen and oxygen atoms in total. The third kappa shape index (κ3) is 4.07. The molecule has 25 heavy (non-hydrogen) atoms. The second kappa shape index (κ2) is 7.96. The first-order valence-corrected chi connectivity index (χ1v) is 8.75. The van der Waals surface area contributed by atoms with Gasteiger partial charge in [-0.2, -0.15) is 0 Å². The Morgan fingerprint density at radius 3 is 3.00 bits per heavy atom. The average Bonchev–Trinajstić information content (AvgIpc) is 2.67. The van der Waals surface area contributed by atoms with E-state index < -0.39 is 0 Å². The molecule has 1 saturated heterocycles. The van der Waals surface area contributed by atoms with E-state index in [0.717, 1.165) is 37.2 Å². The number of ether oxygens (including phenoxy) is 1. The average molecular weight is 340 g/mol. The van der Waals surface area contributed by atoms with E-state index in [4.69, 9.17) is 4.74 Å². The molecule has 0 saturated carbocycles. The van der Waals surface area contributed by atoms with E-state index in [0.29, 0.717) is 17.6 Å². The lowest BCUT2D eigenvalue weighted by Gasteiger charge is -2.35. The smallest absolute Gasteiger partial charge is 0.272 e. The zero-order valence-electron chi connectivity index (χ0n) is 14.7. The molecule has 1 N–H and O–H groups in total. The SMILES string of the molecule is CCC1CCCCN1C(=O)c1cc(Nc2cccc(OC)c2)ncn1. The summed E-state index contributed by atoms with van der Waals surface area (Å²) in [4.78, 5) is 23.2. The van der Waals surface area contributed by atoms with Crippen LogP contribution in [0.3, 0.4) is 0 Å². The van der Waals surface area contributed by atoms with Gasteiger partial charge in [0.2, 0.25) is 0 Å². The lowest BCUT2D eigenvalue weighted by molar-refractivity contribution is 0.0602. The number of rotatable bonds is 5. The van der Waals surface area contributed by atoms with Gasteiger partial charge in [0.05, 0.1) is 7.11 Å². The molecule has 6 heteroatoms. The molecule has 0 spiro atoms. The highest BCUT2D eigenvalue weighted by atomic mass is 16.5. The minimum Gasteiger partial charge on any atom is -0.497 e. The van der Waals surface area contributed by atoms with Crippen LogP contribution < -0.4 is 10.1 Å². The number of piperidine rings is 1. The first-order chi connectivity index (χ1) is 12.2. The summed E-state index contributed by atoms with van der Waals surface area (Å²) in [5.74, 6) is 1.34. The van der Waals surface area contributed by atoms with Crippen molar-refractivity contribution in [2.24, 2.45) is 0 Å². The molecule has 1 fully saturated rings. The molecule has 1 aromatic carbocycles. The number of amides is 1. The Morgan fingerprint density at radius 1 is 1.32 bits per heavy atom. The third-order valence-electron chi connectivity index (χ3n) is 4.59. The summed E-state index contributed by atoms with van der Waals surface area (Å²) in [6.45, 7) is 2.94. The molecule has 1 aliphatic rings. The van der Waals surface area contributed by atoms with Gasteiger partial charge in [-0.25, -0.2) is 9.97 Å². The van der Waals surface area contributed by atoms with Crippen molar-refractivity contribution in [3.8, 4) is 5.75 Å². The van der Waals surface area contributed by atoms with Crippen LogP contribution in [-0.4, -0.2) is 40.5 Å². The normalized spacial score (nSPS) is 17.2. The highest BCUT2D eigenvalue weighted by Crippen LogP contribution is 2.23. The van der Waals surface area contributed by atoms with Crippen molar-refractivity contribution in [1.82, 2.24) is 14.9 Å². The molecular weight excluding hydrogens is 316 g/mol. The molecule has 0 radical (unpaired) electrons. The predicted octanol–water partition coefficient (Wildman–Crippen LogP) is 3.63. The zero-order chi connectivity index (χ0) is 17.6. The molecule has 0 aliphatic carbocycles. The van der Waals surface area contributed by atoms with E-state index in [1.54, 1.807) is 13.2 Å². The summed E-state index contributed by atoms with van der Waals surface area (Å²) in [5, 5.41) is 3.20. The lowest BCUT2D eigenvalue weighted by Crippen LogP contribution is -2.43. The van der Waals surface area contributed by atoms with Crippen LogP contribution in [0.5, 0.6) is 5.75 Å². The van der Waals surface area contributed by atoms with E-state index in [2.05, 4.69) is 22.2 Å². The molecule has 1 atom stereocenters. The summed E-state index contributed by atoms with van der Waals surface area (Å²) in [7, 11) is 1.63. The first kappa shape index (κ1) is 17.2. The van der Waals surface area contributed by atoms with Gasteiger partial charge in [0.1, 0.15) is 23.6 Å². The van der Waals surface area contributed by atoms with Gasteiger partial charge in [-0.15, -0.1) is 0 Å². The monoisotopic (exact) mass is 340 g/mol. The van der Waals surface area contributed by atoms with E-state index in [1.807, 2.05) is 29.2 Å². The van der Waals surface area contributed by atoms with Gasteiger partial charge >= 0.3 is 0 Å². The Kier molecular flexibility index (Phi) is 5.48. The van der Waals surface area contributed by atoms with Crippen molar-refractivity contribution in [2.45, 2.75) is 38.6 Å². The van der Waals surface area contributed by atoms with E-state index >= 15 is 0 Å². The summed E-state index contributed by atoms with van der Waals surface area (Å²) in [5.41, 5.74) is 1.28. The van der Waals surface area contributed by atoms with Gasteiger partial charge in [-0.3, -0.25) is 4.79 Å². The molecule has 1 aliphatic heterocycles. The molecule has 0 bridgehead atoms. The van der Waals surface area contributed by atoms with Crippen LogP contribution in [0.4, 0.5) is 11.5 Å². The van der Waals surface area contributed by atoms with Gasteiger partial charge in [0.25, 0.3) is 5.91 Å². The second-order valence-corrected chi connectivity index (χ2v) is 6.20. The Hall–Kier alpha value is -2.63. The fourth-order valence-corrected chi connectivity index (χ4v) is 3.23. The molecule has 132 valence electrons. The van der Waals surface area contributed by atoms with Crippen molar-refractivity contribution in [1.29, 1.82) is 0 Å². The summed E-state index contributed by atoms with van der Waals surface area (Å²) >= 11 is 0. The first-order valence-electron chi connectivity index (χ1n) is 8.75.